The maximum atomic E-state index is 12.2. The maximum Gasteiger partial charge on any atom is 0.410 e. The zero-order chi connectivity index (χ0) is 19.5. The summed E-state index contributed by atoms with van der Waals surface area (Å²) in [6, 6.07) is 9.72. The van der Waals surface area contributed by atoms with Gasteiger partial charge in [-0.1, -0.05) is 30.3 Å². The average molecular weight is 387 g/mol. The van der Waals surface area contributed by atoms with E-state index < -0.39 is 0 Å². The first kappa shape index (κ1) is 19.2. The molecular weight excluding hydrogens is 358 g/mol. The third-order valence-electron chi connectivity index (χ3n) is 6.25. The molecule has 2 saturated carbocycles. The molecule has 3 fully saturated rings. The number of benzene rings is 1. The summed E-state index contributed by atoms with van der Waals surface area (Å²) in [5, 5.41) is 0. The molecule has 3 aliphatic rings. The smallest absolute Gasteiger partial charge is 0.410 e. The summed E-state index contributed by atoms with van der Waals surface area (Å²) in [4.78, 5) is 25.9. The molecule has 4 atom stereocenters. The first-order valence-corrected chi connectivity index (χ1v) is 10.4. The van der Waals surface area contributed by atoms with Crippen molar-refractivity contribution in [3.63, 3.8) is 0 Å². The summed E-state index contributed by atoms with van der Waals surface area (Å²) < 4.78 is 16.8. The van der Waals surface area contributed by atoms with Gasteiger partial charge in [0.05, 0.1) is 24.7 Å². The predicted molar refractivity (Wildman–Crippen MR) is 102 cm³/mol. The standard InChI is InChI=1S/C22H29NO5/c1-2-26-21(24)20-18-12-17(13-19(18)20)28-16-8-10-23(11-9-16)22(25)27-14-15-6-4-3-5-7-15/h3-7,16-20H,2,8-14H2,1H3/t17-,18+,19-,20-. The van der Waals surface area contributed by atoms with Gasteiger partial charge in [0, 0.05) is 13.1 Å². The highest BCUT2D eigenvalue weighted by atomic mass is 16.6. The molecule has 0 spiro atoms. The summed E-state index contributed by atoms with van der Waals surface area (Å²) in [5.74, 6) is 0.994. The van der Waals surface area contributed by atoms with Crippen LogP contribution in [0.1, 0.15) is 38.2 Å². The fraction of sp³-hybridized carbons (Fsp3) is 0.636. The fourth-order valence-corrected chi connectivity index (χ4v) is 4.75. The summed E-state index contributed by atoms with van der Waals surface area (Å²) in [5.41, 5.74) is 0.995. The summed E-state index contributed by atoms with van der Waals surface area (Å²) in [6.07, 6.45) is 3.81. The maximum absolute atomic E-state index is 12.2. The molecule has 28 heavy (non-hydrogen) atoms. The Labute approximate surface area is 166 Å². The van der Waals surface area contributed by atoms with Crippen molar-refractivity contribution in [3.05, 3.63) is 35.9 Å². The Bertz CT molecular complexity index is 673. The van der Waals surface area contributed by atoms with Crippen molar-refractivity contribution >= 4 is 12.1 Å². The SMILES string of the molecule is CCOC(=O)[C@H]1[C@@H]2C[C@H](OC3CCN(C(=O)OCc4ccccc4)CC3)C[C@@H]21. The van der Waals surface area contributed by atoms with Crippen molar-refractivity contribution in [2.75, 3.05) is 19.7 Å². The van der Waals surface area contributed by atoms with Crippen LogP contribution < -0.4 is 0 Å². The van der Waals surface area contributed by atoms with E-state index >= 15 is 0 Å². The van der Waals surface area contributed by atoms with E-state index in [9.17, 15) is 9.59 Å². The highest BCUT2D eigenvalue weighted by Gasteiger charge is 2.60. The van der Waals surface area contributed by atoms with E-state index in [2.05, 4.69) is 0 Å². The second kappa shape index (κ2) is 8.52. The van der Waals surface area contributed by atoms with Gasteiger partial charge in [-0.05, 0) is 50.0 Å². The van der Waals surface area contributed by atoms with E-state index in [0.29, 0.717) is 38.1 Å². The lowest BCUT2D eigenvalue weighted by Crippen LogP contribution is -2.42. The number of carbonyl (C=O) groups is 2. The van der Waals surface area contributed by atoms with Crippen LogP contribution in [0.2, 0.25) is 0 Å². The predicted octanol–water partition coefficient (Wildman–Crippen LogP) is 3.39. The number of likely N-dealkylation sites (tertiary alicyclic amines) is 1. The van der Waals surface area contributed by atoms with Gasteiger partial charge < -0.3 is 19.1 Å². The Kier molecular flexibility index (Phi) is 5.85. The van der Waals surface area contributed by atoms with Crippen molar-refractivity contribution in [1.29, 1.82) is 0 Å². The van der Waals surface area contributed by atoms with E-state index in [1.54, 1.807) is 4.90 Å². The minimum atomic E-state index is -0.248. The molecule has 0 bridgehead atoms. The Morgan fingerprint density at radius 3 is 2.32 bits per heavy atom. The van der Waals surface area contributed by atoms with Gasteiger partial charge in [0.15, 0.2) is 0 Å². The Hall–Kier alpha value is -2.08. The molecule has 4 rings (SSSR count). The zero-order valence-corrected chi connectivity index (χ0v) is 16.4. The number of ether oxygens (including phenoxy) is 3. The quantitative estimate of drug-likeness (QED) is 0.700. The van der Waals surface area contributed by atoms with Crippen LogP contribution in [0, 0.1) is 17.8 Å². The first-order valence-electron chi connectivity index (χ1n) is 10.4. The fourth-order valence-electron chi connectivity index (χ4n) is 4.75. The van der Waals surface area contributed by atoms with Crippen molar-refractivity contribution in [1.82, 2.24) is 4.90 Å². The van der Waals surface area contributed by atoms with Gasteiger partial charge >= 0.3 is 12.1 Å². The van der Waals surface area contributed by atoms with Crippen LogP contribution >= 0.6 is 0 Å². The monoisotopic (exact) mass is 387 g/mol. The zero-order valence-electron chi connectivity index (χ0n) is 16.4. The highest BCUT2D eigenvalue weighted by Crippen LogP contribution is 2.58. The van der Waals surface area contributed by atoms with Crippen LogP contribution in [-0.2, 0) is 25.6 Å². The van der Waals surface area contributed by atoms with E-state index in [1.165, 1.54) is 0 Å². The van der Waals surface area contributed by atoms with Crippen molar-refractivity contribution < 1.29 is 23.8 Å². The van der Waals surface area contributed by atoms with Crippen LogP contribution in [0.25, 0.3) is 0 Å². The Morgan fingerprint density at radius 2 is 1.68 bits per heavy atom. The second-order valence-corrected chi connectivity index (χ2v) is 8.06. The number of hydrogen-bond acceptors (Lipinski definition) is 5. The largest absolute Gasteiger partial charge is 0.466 e. The highest BCUT2D eigenvalue weighted by molar-refractivity contribution is 5.76. The van der Waals surface area contributed by atoms with Gasteiger partial charge in [-0.25, -0.2) is 4.79 Å². The van der Waals surface area contributed by atoms with Gasteiger partial charge in [0.2, 0.25) is 0 Å². The normalized spacial score (nSPS) is 29.2. The van der Waals surface area contributed by atoms with Crippen molar-refractivity contribution in [2.45, 2.75) is 51.4 Å². The van der Waals surface area contributed by atoms with Gasteiger partial charge in [-0.3, -0.25) is 4.79 Å². The van der Waals surface area contributed by atoms with Gasteiger partial charge in [0.1, 0.15) is 6.61 Å². The number of amides is 1. The van der Waals surface area contributed by atoms with E-state index in [-0.39, 0.29) is 30.2 Å². The lowest BCUT2D eigenvalue weighted by atomic mass is 10.1. The summed E-state index contributed by atoms with van der Waals surface area (Å²) in [6.45, 7) is 3.96. The summed E-state index contributed by atoms with van der Waals surface area (Å²) in [7, 11) is 0. The molecule has 1 aliphatic heterocycles. The van der Waals surface area contributed by atoms with Crippen LogP contribution in [0.3, 0.4) is 0 Å². The Balaban J connectivity index is 1.14. The molecule has 1 heterocycles. The van der Waals surface area contributed by atoms with Crippen LogP contribution in [0.5, 0.6) is 0 Å². The summed E-state index contributed by atoms with van der Waals surface area (Å²) >= 11 is 0. The third kappa shape index (κ3) is 4.32. The molecule has 1 amide bonds. The average Bonchev–Trinajstić information content (AvgIpc) is 3.23. The van der Waals surface area contributed by atoms with E-state index in [1.807, 2.05) is 37.3 Å². The first-order chi connectivity index (χ1) is 13.7. The topological polar surface area (TPSA) is 65.1 Å². The molecule has 1 saturated heterocycles. The minimum Gasteiger partial charge on any atom is -0.466 e. The minimum absolute atomic E-state index is 0.0294. The van der Waals surface area contributed by atoms with E-state index in [0.717, 1.165) is 31.2 Å². The number of carbonyl (C=O) groups excluding carboxylic acids is 2. The van der Waals surface area contributed by atoms with Gasteiger partial charge in [0.25, 0.3) is 0 Å². The lowest BCUT2D eigenvalue weighted by molar-refractivity contribution is -0.146. The molecule has 6 nitrogen and oxygen atoms in total. The second-order valence-electron chi connectivity index (χ2n) is 8.06. The molecule has 2 aliphatic carbocycles. The molecule has 1 aromatic carbocycles. The van der Waals surface area contributed by atoms with Crippen LogP contribution in [0.4, 0.5) is 4.79 Å². The van der Waals surface area contributed by atoms with Gasteiger partial charge in [-0.15, -0.1) is 0 Å². The molecule has 6 heteroatoms. The molecule has 0 N–H and O–H groups in total. The Morgan fingerprint density at radius 1 is 1.00 bits per heavy atom. The van der Waals surface area contributed by atoms with Crippen molar-refractivity contribution in [3.8, 4) is 0 Å². The molecule has 0 aromatic heterocycles. The van der Waals surface area contributed by atoms with Crippen molar-refractivity contribution in [2.24, 2.45) is 17.8 Å². The number of fused-ring (bicyclic) bond motifs is 1. The number of nitrogens with zero attached hydrogens (tertiary/aromatic N) is 1. The lowest BCUT2D eigenvalue weighted by Gasteiger charge is -2.33. The number of piperidine rings is 1. The molecular formula is C22H29NO5. The molecule has 0 unspecified atom stereocenters. The van der Waals surface area contributed by atoms with Crippen LogP contribution in [0.15, 0.2) is 30.3 Å². The number of esters is 1. The van der Waals surface area contributed by atoms with Gasteiger partial charge in [-0.2, -0.15) is 0 Å². The number of rotatable bonds is 6. The molecule has 152 valence electrons. The number of hydrogen-bond donors (Lipinski definition) is 0. The molecule has 0 radical (unpaired) electrons. The van der Waals surface area contributed by atoms with E-state index in [4.69, 9.17) is 14.2 Å². The molecule has 1 aromatic rings. The van der Waals surface area contributed by atoms with Crippen LogP contribution in [-0.4, -0.2) is 48.9 Å². The third-order valence-corrected chi connectivity index (χ3v) is 6.25.